The molecule has 1 aromatic heterocycles. The van der Waals surface area contributed by atoms with Gasteiger partial charge in [-0.1, -0.05) is 12.8 Å². The molecule has 0 atom stereocenters. The predicted octanol–water partition coefficient (Wildman–Crippen LogP) is 1.98. The lowest BCUT2D eigenvalue weighted by Crippen LogP contribution is -2.37. The highest BCUT2D eigenvalue weighted by Gasteiger charge is 2.20. The number of anilines is 2. The quantitative estimate of drug-likeness (QED) is 0.670. The van der Waals surface area contributed by atoms with Gasteiger partial charge in [-0.05, 0) is 37.1 Å². The zero-order chi connectivity index (χ0) is 22.6. The van der Waals surface area contributed by atoms with Crippen molar-refractivity contribution in [3.8, 4) is 11.4 Å². The van der Waals surface area contributed by atoms with Crippen molar-refractivity contribution in [1.29, 1.82) is 0 Å². The maximum Gasteiger partial charge on any atom is 0.319 e. The number of urea groups is 1. The molecule has 2 aliphatic rings. The van der Waals surface area contributed by atoms with Crippen LogP contribution in [0.5, 0.6) is 0 Å². The molecule has 2 heterocycles. The van der Waals surface area contributed by atoms with Crippen LogP contribution in [0.1, 0.15) is 31.5 Å². The maximum absolute atomic E-state index is 12.2. The maximum atomic E-state index is 12.2. The van der Waals surface area contributed by atoms with Gasteiger partial charge in [0.05, 0.1) is 13.2 Å². The number of carbonyl (C=O) groups excluding carboxylic acids is 1. The van der Waals surface area contributed by atoms with E-state index in [0.717, 1.165) is 31.9 Å². The third kappa shape index (κ3) is 6.13. The fourth-order valence-electron chi connectivity index (χ4n) is 3.87. The summed E-state index contributed by atoms with van der Waals surface area (Å²) in [5.41, 5.74) is 1.36. The van der Waals surface area contributed by atoms with Crippen LogP contribution in [-0.2, 0) is 20.3 Å². The van der Waals surface area contributed by atoms with Crippen LogP contribution >= 0.6 is 0 Å². The van der Waals surface area contributed by atoms with E-state index in [1.165, 1.54) is 0 Å². The molecule has 2 aromatic rings. The molecule has 1 saturated heterocycles. The zero-order valence-electron chi connectivity index (χ0n) is 18.1. The fraction of sp³-hybridized carbons (Fsp3) is 0.524. The van der Waals surface area contributed by atoms with E-state index in [2.05, 4.69) is 25.6 Å². The number of hydrogen-bond acceptors (Lipinski definition) is 8. The molecule has 0 bridgehead atoms. The van der Waals surface area contributed by atoms with Gasteiger partial charge in [-0.15, -0.1) is 0 Å². The molecule has 2 amide bonds. The minimum Gasteiger partial charge on any atom is -0.378 e. The summed E-state index contributed by atoms with van der Waals surface area (Å²) in [4.78, 5) is 27.5. The van der Waals surface area contributed by atoms with Crippen molar-refractivity contribution < 1.29 is 17.9 Å². The standard InChI is InChI=1S/C21H28N6O4S/c1-32(29,30)14-18-24-19(26-20(25-18)27-10-12-31-13-11-27)15-6-8-17(9-7-15)23-21(28)22-16-4-2-3-5-16/h6-9,16H,2-5,10-14H2,1H3,(H2,22,23,28). The van der Waals surface area contributed by atoms with Gasteiger partial charge in [-0.25, -0.2) is 18.2 Å². The molecule has 0 unspecified atom stereocenters. The van der Waals surface area contributed by atoms with Crippen LogP contribution in [0, 0.1) is 0 Å². The lowest BCUT2D eigenvalue weighted by Gasteiger charge is -2.27. The summed E-state index contributed by atoms with van der Waals surface area (Å²) in [6.45, 7) is 2.37. The number of morpholine rings is 1. The van der Waals surface area contributed by atoms with E-state index >= 15 is 0 Å². The van der Waals surface area contributed by atoms with Gasteiger partial charge < -0.3 is 20.3 Å². The summed E-state index contributed by atoms with van der Waals surface area (Å²) in [6, 6.07) is 7.18. The van der Waals surface area contributed by atoms with Crippen LogP contribution < -0.4 is 15.5 Å². The van der Waals surface area contributed by atoms with E-state index in [4.69, 9.17) is 4.74 Å². The minimum atomic E-state index is -3.30. The number of nitrogens with zero attached hydrogens (tertiary/aromatic N) is 4. The van der Waals surface area contributed by atoms with E-state index in [-0.39, 0.29) is 23.7 Å². The van der Waals surface area contributed by atoms with Crippen molar-refractivity contribution >= 4 is 27.5 Å². The van der Waals surface area contributed by atoms with E-state index in [0.29, 0.717) is 49.3 Å². The Morgan fingerprint density at radius 2 is 1.78 bits per heavy atom. The minimum absolute atomic E-state index is 0.206. The van der Waals surface area contributed by atoms with Crippen LogP contribution in [0.4, 0.5) is 16.4 Å². The summed E-state index contributed by atoms with van der Waals surface area (Å²) in [6.07, 6.45) is 5.50. The lowest BCUT2D eigenvalue weighted by molar-refractivity contribution is 0.122. The number of benzene rings is 1. The van der Waals surface area contributed by atoms with Crippen LogP contribution in [0.3, 0.4) is 0 Å². The summed E-state index contributed by atoms with van der Waals surface area (Å²) in [5.74, 6) is 0.773. The summed E-state index contributed by atoms with van der Waals surface area (Å²) in [5, 5.41) is 5.84. The fourth-order valence-corrected chi connectivity index (χ4v) is 4.46. The molecule has 172 valence electrons. The van der Waals surface area contributed by atoms with E-state index in [9.17, 15) is 13.2 Å². The van der Waals surface area contributed by atoms with Gasteiger partial charge in [0.2, 0.25) is 5.95 Å². The highest BCUT2D eigenvalue weighted by Crippen LogP contribution is 2.22. The van der Waals surface area contributed by atoms with Crippen LogP contribution in [0.2, 0.25) is 0 Å². The average molecular weight is 461 g/mol. The number of nitrogens with one attached hydrogen (secondary N) is 2. The van der Waals surface area contributed by atoms with Crippen molar-refractivity contribution in [2.45, 2.75) is 37.5 Å². The summed E-state index contributed by atoms with van der Waals surface area (Å²) in [7, 11) is -3.30. The third-order valence-corrected chi connectivity index (χ3v) is 6.23. The van der Waals surface area contributed by atoms with Crippen molar-refractivity contribution in [1.82, 2.24) is 20.3 Å². The topological polar surface area (TPSA) is 126 Å². The van der Waals surface area contributed by atoms with Gasteiger partial charge in [0.25, 0.3) is 0 Å². The molecule has 1 aliphatic heterocycles. The van der Waals surface area contributed by atoms with E-state index < -0.39 is 9.84 Å². The van der Waals surface area contributed by atoms with Crippen LogP contribution in [0.15, 0.2) is 24.3 Å². The SMILES string of the molecule is CS(=O)(=O)Cc1nc(-c2ccc(NC(=O)NC3CCCC3)cc2)nc(N2CCOCC2)n1. The number of sulfone groups is 1. The van der Waals surface area contributed by atoms with E-state index in [1.807, 2.05) is 4.90 Å². The zero-order valence-corrected chi connectivity index (χ0v) is 18.9. The van der Waals surface area contributed by atoms with Gasteiger partial charge in [0.1, 0.15) is 11.6 Å². The first kappa shape index (κ1) is 22.4. The molecule has 0 spiro atoms. The number of amides is 2. The molecular weight excluding hydrogens is 432 g/mol. The van der Waals surface area contributed by atoms with Gasteiger partial charge >= 0.3 is 6.03 Å². The Hall–Kier alpha value is -2.79. The number of ether oxygens (including phenoxy) is 1. The third-order valence-electron chi connectivity index (χ3n) is 5.45. The van der Waals surface area contributed by atoms with Gasteiger partial charge in [-0.2, -0.15) is 9.97 Å². The predicted molar refractivity (Wildman–Crippen MR) is 121 cm³/mol. The number of hydrogen-bond donors (Lipinski definition) is 2. The van der Waals surface area contributed by atoms with Crippen molar-refractivity contribution in [2.24, 2.45) is 0 Å². The number of carbonyl (C=O) groups is 1. The Morgan fingerprint density at radius 1 is 1.09 bits per heavy atom. The average Bonchev–Trinajstić information content (AvgIpc) is 3.26. The highest BCUT2D eigenvalue weighted by molar-refractivity contribution is 7.89. The normalized spacial score (nSPS) is 17.3. The van der Waals surface area contributed by atoms with E-state index in [1.54, 1.807) is 24.3 Å². The molecule has 2 N–H and O–H groups in total. The first-order valence-corrected chi connectivity index (χ1v) is 12.9. The van der Waals surface area contributed by atoms with Gasteiger partial charge in [0.15, 0.2) is 15.7 Å². The second kappa shape index (κ2) is 9.78. The van der Waals surface area contributed by atoms with Gasteiger partial charge in [0, 0.05) is 36.6 Å². The molecule has 10 nitrogen and oxygen atoms in total. The Morgan fingerprint density at radius 3 is 2.44 bits per heavy atom. The first-order chi connectivity index (χ1) is 15.4. The Bertz CT molecular complexity index is 1050. The van der Waals surface area contributed by atoms with Gasteiger partial charge in [-0.3, -0.25) is 0 Å². The van der Waals surface area contributed by atoms with Crippen molar-refractivity contribution in [2.75, 3.05) is 42.8 Å². The second-order valence-corrected chi connectivity index (χ2v) is 10.3. The summed E-state index contributed by atoms with van der Waals surface area (Å²) < 4.78 is 29.0. The molecule has 4 rings (SSSR count). The molecule has 0 radical (unpaired) electrons. The van der Waals surface area contributed by atoms with Crippen molar-refractivity contribution in [3.63, 3.8) is 0 Å². The molecule has 1 aliphatic carbocycles. The molecule has 11 heteroatoms. The number of rotatable bonds is 6. The van der Waals surface area contributed by atoms with Crippen molar-refractivity contribution in [3.05, 3.63) is 30.1 Å². The Kier molecular flexibility index (Phi) is 6.85. The Balaban J connectivity index is 1.53. The Labute approximate surface area is 187 Å². The second-order valence-electron chi connectivity index (χ2n) is 8.20. The van der Waals surface area contributed by atoms with Crippen LogP contribution in [-0.4, -0.2) is 68.0 Å². The summed E-state index contributed by atoms with van der Waals surface area (Å²) >= 11 is 0. The smallest absolute Gasteiger partial charge is 0.319 e. The molecule has 2 fully saturated rings. The molecule has 32 heavy (non-hydrogen) atoms. The first-order valence-electron chi connectivity index (χ1n) is 10.8. The highest BCUT2D eigenvalue weighted by atomic mass is 32.2. The molecular formula is C21H28N6O4S. The number of aromatic nitrogens is 3. The monoisotopic (exact) mass is 460 g/mol. The van der Waals surface area contributed by atoms with Crippen LogP contribution in [0.25, 0.3) is 11.4 Å². The lowest BCUT2D eigenvalue weighted by atomic mass is 10.2. The molecule has 1 aromatic carbocycles. The largest absolute Gasteiger partial charge is 0.378 e. The molecule has 1 saturated carbocycles.